The zero-order valence-electron chi connectivity index (χ0n) is 15.4. The van der Waals surface area contributed by atoms with Crippen LogP contribution in [0.1, 0.15) is 37.4 Å². The first-order valence-corrected chi connectivity index (χ1v) is 9.63. The standard InChI is InChI=1S/C22H23ClFN3/c1-2-3-4-9-18-13-19(20(23)15-25-18)21-10-6-11-22(27-21)26-14-16-7-5-8-17(24)12-16/h5-8,10-13,15H,2-4,9,14H2,1H3,(H,26,27). The van der Waals surface area contributed by atoms with Crippen molar-refractivity contribution in [3.05, 3.63) is 76.8 Å². The molecule has 0 spiro atoms. The summed E-state index contributed by atoms with van der Waals surface area (Å²) in [5.74, 6) is 0.479. The summed E-state index contributed by atoms with van der Waals surface area (Å²) in [6.07, 6.45) is 6.13. The monoisotopic (exact) mass is 383 g/mol. The smallest absolute Gasteiger partial charge is 0.126 e. The highest BCUT2D eigenvalue weighted by molar-refractivity contribution is 6.33. The van der Waals surface area contributed by atoms with Crippen LogP contribution in [0.3, 0.4) is 0 Å². The van der Waals surface area contributed by atoms with Crippen molar-refractivity contribution < 1.29 is 4.39 Å². The highest BCUT2D eigenvalue weighted by Crippen LogP contribution is 2.28. The third kappa shape index (κ3) is 5.51. The van der Waals surface area contributed by atoms with Gasteiger partial charge < -0.3 is 5.32 Å². The predicted octanol–water partition coefficient (Wildman–Crippen LogP) is 6.28. The van der Waals surface area contributed by atoms with Crippen molar-refractivity contribution in [2.45, 2.75) is 39.2 Å². The van der Waals surface area contributed by atoms with Gasteiger partial charge in [0.05, 0.1) is 10.7 Å². The molecule has 3 aromatic rings. The van der Waals surface area contributed by atoms with Crippen LogP contribution < -0.4 is 5.32 Å². The Balaban J connectivity index is 1.75. The van der Waals surface area contributed by atoms with Gasteiger partial charge >= 0.3 is 0 Å². The van der Waals surface area contributed by atoms with Gasteiger partial charge in [-0.15, -0.1) is 0 Å². The van der Waals surface area contributed by atoms with E-state index in [-0.39, 0.29) is 5.82 Å². The van der Waals surface area contributed by atoms with Crippen molar-refractivity contribution in [2.75, 3.05) is 5.32 Å². The molecule has 0 aliphatic heterocycles. The molecule has 0 unspecified atom stereocenters. The van der Waals surface area contributed by atoms with Gasteiger partial charge in [-0.05, 0) is 48.7 Å². The largest absolute Gasteiger partial charge is 0.366 e. The molecule has 3 rings (SSSR count). The number of benzene rings is 1. The Labute approximate surface area is 164 Å². The lowest BCUT2D eigenvalue weighted by Gasteiger charge is -2.10. The molecule has 140 valence electrons. The number of rotatable bonds is 8. The van der Waals surface area contributed by atoms with Crippen LogP contribution in [0.15, 0.2) is 54.7 Å². The summed E-state index contributed by atoms with van der Waals surface area (Å²) < 4.78 is 13.3. The molecular weight excluding hydrogens is 361 g/mol. The lowest BCUT2D eigenvalue weighted by atomic mass is 10.1. The second-order valence-electron chi connectivity index (χ2n) is 6.50. The molecule has 0 atom stereocenters. The zero-order chi connectivity index (χ0) is 19.1. The van der Waals surface area contributed by atoms with E-state index in [9.17, 15) is 4.39 Å². The Kier molecular flexibility index (Phi) is 6.77. The molecule has 0 saturated carbocycles. The quantitative estimate of drug-likeness (QED) is 0.465. The van der Waals surface area contributed by atoms with Crippen LogP contribution in [0, 0.1) is 5.82 Å². The summed E-state index contributed by atoms with van der Waals surface area (Å²) >= 11 is 6.37. The van der Waals surface area contributed by atoms with E-state index in [2.05, 4.69) is 22.2 Å². The Morgan fingerprint density at radius 2 is 1.93 bits per heavy atom. The molecule has 27 heavy (non-hydrogen) atoms. The molecule has 1 N–H and O–H groups in total. The van der Waals surface area contributed by atoms with E-state index in [0.717, 1.165) is 41.2 Å². The summed E-state index contributed by atoms with van der Waals surface area (Å²) in [6, 6.07) is 14.3. The highest BCUT2D eigenvalue weighted by atomic mass is 35.5. The lowest BCUT2D eigenvalue weighted by molar-refractivity contribution is 0.626. The van der Waals surface area contributed by atoms with E-state index in [0.29, 0.717) is 11.6 Å². The maximum absolute atomic E-state index is 13.3. The molecule has 0 bridgehead atoms. The second kappa shape index (κ2) is 9.47. The van der Waals surface area contributed by atoms with E-state index in [1.165, 1.54) is 25.0 Å². The predicted molar refractivity (Wildman–Crippen MR) is 109 cm³/mol. The number of hydrogen-bond acceptors (Lipinski definition) is 3. The van der Waals surface area contributed by atoms with Gasteiger partial charge in [0.2, 0.25) is 0 Å². The second-order valence-corrected chi connectivity index (χ2v) is 6.91. The number of aryl methyl sites for hydroxylation is 1. The first-order valence-electron chi connectivity index (χ1n) is 9.26. The van der Waals surface area contributed by atoms with Crippen molar-refractivity contribution in [1.82, 2.24) is 9.97 Å². The van der Waals surface area contributed by atoms with Crippen LogP contribution >= 0.6 is 11.6 Å². The Hall–Kier alpha value is -2.46. The van der Waals surface area contributed by atoms with Gasteiger partial charge in [-0.3, -0.25) is 4.98 Å². The maximum Gasteiger partial charge on any atom is 0.126 e. The molecule has 0 saturated heterocycles. The van der Waals surface area contributed by atoms with Gasteiger partial charge in [-0.25, -0.2) is 9.37 Å². The number of aromatic nitrogens is 2. The average molecular weight is 384 g/mol. The number of hydrogen-bond donors (Lipinski definition) is 1. The van der Waals surface area contributed by atoms with Crippen LogP contribution in [0.5, 0.6) is 0 Å². The molecule has 0 aliphatic rings. The van der Waals surface area contributed by atoms with Gasteiger partial charge in [-0.1, -0.05) is 49.6 Å². The number of anilines is 1. The Bertz CT molecular complexity index is 898. The van der Waals surface area contributed by atoms with E-state index >= 15 is 0 Å². The molecule has 0 aliphatic carbocycles. The average Bonchev–Trinajstić information content (AvgIpc) is 2.68. The molecule has 2 aromatic heterocycles. The van der Waals surface area contributed by atoms with E-state index < -0.39 is 0 Å². The first kappa shape index (κ1) is 19.3. The van der Waals surface area contributed by atoms with Gasteiger partial charge in [0.1, 0.15) is 11.6 Å². The van der Waals surface area contributed by atoms with Gasteiger partial charge in [-0.2, -0.15) is 0 Å². The highest BCUT2D eigenvalue weighted by Gasteiger charge is 2.09. The molecule has 0 amide bonds. The topological polar surface area (TPSA) is 37.8 Å². The van der Waals surface area contributed by atoms with Gasteiger partial charge in [0.25, 0.3) is 0 Å². The van der Waals surface area contributed by atoms with Crippen molar-refractivity contribution in [3.63, 3.8) is 0 Å². The minimum absolute atomic E-state index is 0.241. The Morgan fingerprint density at radius 1 is 1.07 bits per heavy atom. The van der Waals surface area contributed by atoms with Crippen LogP contribution in [-0.2, 0) is 13.0 Å². The van der Waals surface area contributed by atoms with Crippen molar-refractivity contribution in [1.29, 1.82) is 0 Å². The summed E-state index contributed by atoms with van der Waals surface area (Å²) in [5, 5.41) is 3.82. The van der Waals surface area contributed by atoms with Crippen molar-refractivity contribution >= 4 is 17.4 Å². The summed E-state index contributed by atoms with van der Waals surface area (Å²) in [5.41, 5.74) is 3.57. The molecule has 0 radical (unpaired) electrons. The van der Waals surface area contributed by atoms with Crippen LogP contribution in [0.2, 0.25) is 5.02 Å². The van der Waals surface area contributed by atoms with E-state index in [1.54, 1.807) is 12.3 Å². The molecule has 2 heterocycles. The van der Waals surface area contributed by atoms with E-state index in [4.69, 9.17) is 11.6 Å². The lowest BCUT2D eigenvalue weighted by Crippen LogP contribution is -2.02. The third-order valence-electron chi connectivity index (χ3n) is 4.34. The summed E-state index contributed by atoms with van der Waals surface area (Å²) in [7, 11) is 0. The third-order valence-corrected chi connectivity index (χ3v) is 4.64. The normalized spacial score (nSPS) is 10.8. The molecular formula is C22H23ClFN3. The van der Waals surface area contributed by atoms with Crippen molar-refractivity contribution in [2.24, 2.45) is 0 Å². The molecule has 1 aromatic carbocycles. The number of nitrogens with one attached hydrogen (secondary N) is 1. The van der Waals surface area contributed by atoms with E-state index in [1.807, 2.05) is 30.3 Å². The van der Waals surface area contributed by atoms with Gasteiger partial charge in [0.15, 0.2) is 0 Å². The summed E-state index contributed by atoms with van der Waals surface area (Å²) in [6.45, 7) is 2.69. The summed E-state index contributed by atoms with van der Waals surface area (Å²) in [4.78, 5) is 9.09. The van der Waals surface area contributed by atoms with Crippen LogP contribution in [0.25, 0.3) is 11.3 Å². The number of nitrogens with zero attached hydrogens (tertiary/aromatic N) is 2. The molecule has 3 nitrogen and oxygen atoms in total. The minimum atomic E-state index is -0.241. The fourth-order valence-electron chi connectivity index (χ4n) is 2.89. The van der Waals surface area contributed by atoms with Crippen molar-refractivity contribution in [3.8, 4) is 11.3 Å². The number of halogens is 2. The molecule has 0 fully saturated rings. The SMILES string of the molecule is CCCCCc1cc(-c2cccc(NCc3cccc(F)c3)n2)c(Cl)cn1. The molecule has 5 heteroatoms. The van der Waals surface area contributed by atoms with Crippen LogP contribution in [-0.4, -0.2) is 9.97 Å². The van der Waals surface area contributed by atoms with Gasteiger partial charge in [0, 0.05) is 24.0 Å². The Morgan fingerprint density at radius 3 is 2.74 bits per heavy atom. The van der Waals surface area contributed by atoms with Crippen LogP contribution in [0.4, 0.5) is 10.2 Å². The maximum atomic E-state index is 13.3. The zero-order valence-corrected chi connectivity index (χ0v) is 16.1. The fourth-order valence-corrected chi connectivity index (χ4v) is 3.09. The number of pyridine rings is 2. The number of unbranched alkanes of at least 4 members (excludes halogenated alkanes) is 2. The first-order chi connectivity index (χ1) is 13.2. The fraction of sp³-hybridized carbons (Fsp3) is 0.273. The minimum Gasteiger partial charge on any atom is -0.366 e.